The van der Waals surface area contributed by atoms with E-state index in [1.54, 1.807) is 24.3 Å². The van der Waals surface area contributed by atoms with E-state index in [0.29, 0.717) is 11.4 Å². The van der Waals surface area contributed by atoms with Gasteiger partial charge in [0, 0.05) is 25.9 Å². The number of carbonyl (C=O) groups is 2. The zero-order chi connectivity index (χ0) is 15.6. The molecule has 0 spiro atoms. The number of carbonyl (C=O) groups excluding carboxylic acids is 2. The number of amides is 2. The fourth-order valence-corrected chi connectivity index (χ4v) is 1.99. The molecule has 0 unspecified atom stereocenters. The zero-order valence-electron chi connectivity index (χ0n) is 11.7. The number of imide groups is 1. The number of anilines is 2. The fourth-order valence-electron chi connectivity index (χ4n) is 1.99. The van der Waals surface area contributed by atoms with Crippen LogP contribution in [-0.2, 0) is 11.8 Å². The first-order valence-corrected chi connectivity index (χ1v) is 6.28. The summed E-state index contributed by atoms with van der Waals surface area (Å²) >= 11 is 0. The highest BCUT2D eigenvalue weighted by atomic mass is 16.2. The van der Waals surface area contributed by atoms with Gasteiger partial charge in [-0.15, -0.1) is 0 Å². The molecule has 0 aliphatic heterocycles. The molecule has 6 heteroatoms. The fraction of sp³-hybridized carbons (Fsp3) is 0.133. The Kier molecular flexibility index (Phi) is 3.89. The largest absolute Gasteiger partial charge is 0.399 e. The van der Waals surface area contributed by atoms with Crippen LogP contribution in [0.1, 0.15) is 17.3 Å². The molecule has 0 saturated carbocycles. The van der Waals surface area contributed by atoms with Crippen molar-refractivity contribution in [2.45, 2.75) is 6.92 Å². The maximum absolute atomic E-state index is 12.5. The van der Waals surface area contributed by atoms with E-state index < -0.39 is 17.4 Å². The maximum Gasteiger partial charge on any atom is 0.270 e. The lowest BCUT2D eigenvalue weighted by Crippen LogP contribution is -2.39. The summed E-state index contributed by atoms with van der Waals surface area (Å²) in [6, 6.07) is 9.35. The van der Waals surface area contributed by atoms with Crippen molar-refractivity contribution in [3.63, 3.8) is 0 Å². The minimum Gasteiger partial charge on any atom is -0.399 e. The van der Waals surface area contributed by atoms with Gasteiger partial charge in [-0.05, 0) is 30.3 Å². The second-order valence-electron chi connectivity index (χ2n) is 4.59. The number of aryl methyl sites for hydroxylation is 1. The van der Waals surface area contributed by atoms with Crippen LogP contribution in [0.15, 0.2) is 47.4 Å². The molecule has 21 heavy (non-hydrogen) atoms. The number of nitrogens with zero attached hydrogens (tertiary/aromatic N) is 2. The number of aromatic nitrogens is 1. The molecule has 0 saturated heterocycles. The third-order valence-corrected chi connectivity index (χ3v) is 3.00. The van der Waals surface area contributed by atoms with E-state index in [1.165, 1.54) is 36.9 Å². The molecule has 0 atom stereocenters. The summed E-state index contributed by atoms with van der Waals surface area (Å²) in [5.41, 5.74) is 5.90. The van der Waals surface area contributed by atoms with Crippen molar-refractivity contribution in [1.82, 2.24) is 4.57 Å². The summed E-state index contributed by atoms with van der Waals surface area (Å²) in [7, 11) is 1.54. The number of hydrogen-bond donors (Lipinski definition) is 1. The van der Waals surface area contributed by atoms with Crippen molar-refractivity contribution in [1.29, 1.82) is 0 Å². The lowest BCUT2D eigenvalue weighted by Gasteiger charge is -2.19. The maximum atomic E-state index is 12.5. The van der Waals surface area contributed by atoms with Crippen LogP contribution >= 0.6 is 0 Å². The second-order valence-corrected chi connectivity index (χ2v) is 4.59. The molecule has 0 fully saturated rings. The summed E-state index contributed by atoms with van der Waals surface area (Å²) < 4.78 is 1.28. The van der Waals surface area contributed by atoms with Gasteiger partial charge in [-0.25, -0.2) is 4.90 Å². The zero-order valence-corrected chi connectivity index (χ0v) is 11.7. The Bertz CT molecular complexity index is 765. The number of nitrogen functional groups attached to an aromatic ring is 1. The molecule has 0 aliphatic carbocycles. The average Bonchev–Trinajstić information content (AvgIpc) is 2.41. The average molecular weight is 285 g/mol. The van der Waals surface area contributed by atoms with Crippen molar-refractivity contribution >= 4 is 23.2 Å². The molecule has 2 amide bonds. The van der Waals surface area contributed by atoms with Crippen molar-refractivity contribution in [2.24, 2.45) is 7.05 Å². The van der Waals surface area contributed by atoms with Gasteiger partial charge >= 0.3 is 0 Å². The summed E-state index contributed by atoms with van der Waals surface area (Å²) in [5.74, 6) is -1.16. The van der Waals surface area contributed by atoms with E-state index in [2.05, 4.69) is 0 Å². The van der Waals surface area contributed by atoms with Gasteiger partial charge in [-0.3, -0.25) is 14.4 Å². The topological polar surface area (TPSA) is 85.4 Å². The van der Waals surface area contributed by atoms with Crippen LogP contribution in [0.25, 0.3) is 0 Å². The summed E-state index contributed by atoms with van der Waals surface area (Å²) in [6.45, 7) is 1.26. The molecule has 108 valence electrons. The first-order valence-electron chi connectivity index (χ1n) is 6.28. The van der Waals surface area contributed by atoms with Crippen LogP contribution in [-0.4, -0.2) is 16.4 Å². The third-order valence-electron chi connectivity index (χ3n) is 3.00. The summed E-state index contributed by atoms with van der Waals surface area (Å²) in [4.78, 5) is 37.3. The summed E-state index contributed by atoms with van der Waals surface area (Å²) in [5, 5.41) is 0. The molecule has 1 aromatic carbocycles. The molecule has 0 radical (unpaired) electrons. The van der Waals surface area contributed by atoms with E-state index in [4.69, 9.17) is 5.73 Å². The molecule has 2 rings (SSSR count). The van der Waals surface area contributed by atoms with Crippen LogP contribution in [0.5, 0.6) is 0 Å². The Morgan fingerprint density at radius 1 is 1.19 bits per heavy atom. The molecule has 6 nitrogen and oxygen atoms in total. The van der Waals surface area contributed by atoms with E-state index in [-0.39, 0.29) is 5.56 Å². The minimum absolute atomic E-state index is 0.0716. The van der Waals surface area contributed by atoms with Crippen LogP contribution in [0, 0.1) is 0 Å². The Hall–Kier alpha value is -2.89. The quantitative estimate of drug-likeness (QED) is 0.839. The number of pyridine rings is 1. The van der Waals surface area contributed by atoms with Gasteiger partial charge in [0.05, 0.1) is 5.69 Å². The predicted octanol–water partition coefficient (Wildman–Crippen LogP) is 1.16. The van der Waals surface area contributed by atoms with Gasteiger partial charge in [0.15, 0.2) is 0 Å². The van der Waals surface area contributed by atoms with Gasteiger partial charge in [-0.1, -0.05) is 6.07 Å². The van der Waals surface area contributed by atoms with Crippen LogP contribution in [0.3, 0.4) is 0 Å². The molecule has 2 aromatic rings. The van der Waals surface area contributed by atoms with Gasteiger partial charge in [0.1, 0.15) is 5.56 Å². The van der Waals surface area contributed by atoms with Crippen molar-refractivity contribution in [3.8, 4) is 0 Å². The van der Waals surface area contributed by atoms with Gasteiger partial charge in [0.2, 0.25) is 5.91 Å². The molecule has 1 aromatic heterocycles. The molecular weight excluding hydrogens is 270 g/mol. The standard InChI is InChI=1S/C15H15N3O3/c1-10(19)18(12-6-3-5-11(16)9-12)15(21)13-7-4-8-17(2)14(13)20/h3-9H,16H2,1-2H3. The molecule has 0 aliphatic rings. The normalized spacial score (nSPS) is 10.2. The number of rotatable bonds is 2. The first-order chi connectivity index (χ1) is 9.91. The first kappa shape index (κ1) is 14.5. The van der Waals surface area contributed by atoms with E-state index in [9.17, 15) is 14.4 Å². The van der Waals surface area contributed by atoms with E-state index in [0.717, 1.165) is 4.90 Å². The monoisotopic (exact) mass is 285 g/mol. The molecule has 2 N–H and O–H groups in total. The predicted molar refractivity (Wildman–Crippen MR) is 80.0 cm³/mol. The van der Waals surface area contributed by atoms with E-state index >= 15 is 0 Å². The summed E-state index contributed by atoms with van der Waals surface area (Å²) in [6.07, 6.45) is 1.54. The SMILES string of the molecule is CC(=O)N(C(=O)c1cccn(C)c1=O)c1cccc(N)c1. The Morgan fingerprint density at radius 2 is 1.90 bits per heavy atom. The lowest BCUT2D eigenvalue weighted by atomic mass is 10.2. The smallest absolute Gasteiger partial charge is 0.270 e. The Morgan fingerprint density at radius 3 is 2.52 bits per heavy atom. The van der Waals surface area contributed by atoms with Crippen molar-refractivity contribution < 1.29 is 9.59 Å². The van der Waals surface area contributed by atoms with Crippen molar-refractivity contribution in [3.05, 3.63) is 58.5 Å². The Balaban J connectivity index is 2.53. The molecule has 0 bridgehead atoms. The van der Waals surface area contributed by atoms with Crippen molar-refractivity contribution in [2.75, 3.05) is 10.6 Å². The second kappa shape index (κ2) is 5.62. The molecule has 1 heterocycles. The highest BCUT2D eigenvalue weighted by Crippen LogP contribution is 2.19. The minimum atomic E-state index is -0.672. The Labute approximate surface area is 121 Å². The third kappa shape index (κ3) is 2.84. The number of benzene rings is 1. The van der Waals surface area contributed by atoms with Crippen LogP contribution in [0.4, 0.5) is 11.4 Å². The number of hydrogen-bond acceptors (Lipinski definition) is 4. The molecular formula is C15H15N3O3. The highest BCUT2D eigenvalue weighted by Gasteiger charge is 2.24. The van der Waals surface area contributed by atoms with Crippen LogP contribution in [0.2, 0.25) is 0 Å². The van der Waals surface area contributed by atoms with Gasteiger partial charge in [-0.2, -0.15) is 0 Å². The van der Waals surface area contributed by atoms with Gasteiger partial charge < -0.3 is 10.3 Å². The number of nitrogens with two attached hydrogens (primary N) is 1. The lowest BCUT2D eigenvalue weighted by molar-refractivity contribution is -0.115. The van der Waals surface area contributed by atoms with Crippen LogP contribution < -0.4 is 16.2 Å². The van der Waals surface area contributed by atoms with Gasteiger partial charge in [0.25, 0.3) is 11.5 Å². The van der Waals surface area contributed by atoms with E-state index in [1.807, 2.05) is 0 Å². The highest BCUT2D eigenvalue weighted by molar-refractivity contribution is 6.20.